The quantitative estimate of drug-likeness (QED) is 0.624. The van der Waals surface area contributed by atoms with E-state index in [1.165, 1.54) is 19.4 Å². The smallest absolute Gasteiger partial charge is 0.339 e. The molecule has 0 aliphatic heterocycles. The molecule has 0 aliphatic carbocycles. The van der Waals surface area contributed by atoms with Gasteiger partial charge in [-0.3, -0.25) is 0 Å². The zero-order valence-electron chi connectivity index (χ0n) is 6.94. The molecule has 13 heavy (non-hydrogen) atoms. The minimum absolute atomic E-state index is 0.137. The van der Waals surface area contributed by atoms with Crippen molar-refractivity contribution in [1.29, 1.82) is 5.26 Å². The zero-order valence-corrected chi connectivity index (χ0v) is 6.94. The van der Waals surface area contributed by atoms with Gasteiger partial charge in [0.05, 0.1) is 18.2 Å². The monoisotopic (exact) mass is 177 g/mol. The van der Waals surface area contributed by atoms with Crippen LogP contribution in [0.1, 0.15) is 15.9 Å². The Hall–Kier alpha value is -2.09. The summed E-state index contributed by atoms with van der Waals surface area (Å²) in [6.07, 6.45) is 1.24. The maximum atomic E-state index is 11.1. The minimum Gasteiger partial charge on any atom is -0.465 e. The topological polar surface area (TPSA) is 89.0 Å². The second kappa shape index (κ2) is 3.54. The number of carbonyl (C=O) groups is 1. The molecule has 0 amide bonds. The maximum absolute atomic E-state index is 11.1. The summed E-state index contributed by atoms with van der Waals surface area (Å²) in [5, 5.41) is 8.62. The van der Waals surface area contributed by atoms with Gasteiger partial charge in [-0.05, 0) is 6.07 Å². The predicted molar refractivity (Wildman–Crippen MR) is 44.7 cm³/mol. The fraction of sp³-hybridized carbons (Fsp3) is 0.125. The highest BCUT2D eigenvalue weighted by Gasteiger charge is 2.12. The van der Waals surface area contributed by atoms with Crippen molar-refractivity contribution in [2.24, 2.45) is 0 Å². The number of nitriles is 1. The third-order valence-corrected chi connectivity index (χ3v) is 1.45. The number of esters is 1. The maximum Gasteiger partial charge on any atom is 0.339 e. The molecule has 5 heteroatoms. The van der Waals surface area contributed by atoms with E-state index in [0.717, 1.165) is 0 Å². The van der Waals surface area contributed by atoms with Gasteiger partial charge in [0.1, 0.15) is 11.9 Å². The molecule has 0 saturated heterocycles. The Balaban J connectivity index is 3.25. The Bertz CT molecular complexity index is 381. The standard InChI is InChI=1S/C8H7N3O2/c1-13-8(12)6-2-7(10)11-4-5(6)3-9/h2,4H,1H3,(H2,10,11). The number of anilines is 1. The van der Waals surface area contributed by atoms with Crippen molar-refractivity contribution in [1.82, 2.24) is 4.98 Å². The number of aromatic nitrogens is 1. The van der Waals surface area contributed by atoms with Crippen LogP contribution in [0.15, 0.2) is 12.3 Å². The van der Waals surface area contributed by atoms with Crippen molar-refractivity contribution < 1.29 is 9.53 Å². The molecule has 1 rings (SSSR count). The first-order valence-corrected chi connectivity index (χ1v) is 3.43. The lowest BCUT2D eigenvalue weighted by atomic mass is 10.1. The lowest BCUT2D eigenvalue weighted by Gasteiger charge is -2.01. The normalized spacial score (nSPS) is 8.92. The summed E-state index contributed by atoms with van der Waals surface area (Å²) in [6, 6.07) is 3.13. The first-order chi connectivity index (χ1) is 6.19. The number of hydrogen-bond acceptors (Lipinski definition) is 5. The van der Waals surface area contributed by atoms with E-state index in [1.807, 2.05) is 6.07 Å². The van der Waals surface area contributed by atoms with Gasteiger partial charge in [-0.15, -0.1) is 0 Å². The van der Waals surface area contributed by atoms with E-state index < -0.39 is 5.97 Å². The summed E-state index contributed by atoms with van der Waals surface area (Å²) < 4.78 is 4.46. The van der Waals surface area contributed by atoms with E-state index in [0.29, 0.717) is 0 Å². The fourth-order valence-electron chi connectivity index (χ4n) is 0.839. The Morgan fingerprint density at radius 1 is 1.77 bits per heavy atom. The van der Waals surface area contributed by atoms with Gasteiger partial charge < -0.3 is 10.5 Å². The second-order valence-electron chi connectivity index (χ2n) is 2.26. The Morgan fingerprint density at radius 3 is 3.00 bits per heavy atom. The highest BCUT2D eigenvalue weighted by Crippen LogP contribution is 2.10. The van der Waals surface area contributed by atoms with Crippen LogP contribution in [0.2, 0.25) is 0 Å². The van der Waals surface area contributed by atoms with Crippen molar-refractivity contribution >= 4 is 11.8 Å². The minimum atomic E-state index is -0.592. The van der Waals surface area contributed by atoms with E-state index in [2.05, 4.69) is 9.72 Å². The van der Waals surface area contributed by atoms with Gasteiger partial charge in [-0.1, -0.05) is 0 Å². The van der Waals surface area contributed by atoms with Crippen LogP contribution < -0.4 is 5.73 Å². The van der Waals surface area contributed by atoms with Gasteiger partial charge in [0, 0.05) is 6.20 Å². The van der Waals surface area contributed by atoms with E-state index in [1.54, 1.807) is 0 Å². The van der Waals surface area contributed by atoms with Gasteiger partial charge in [0.15, 0.2) is 0 Å². The summed E-state index contributed by atoms with van der Waals surface area (Å²) in [6.45, 7) is 0. The van der Waals surface area contributed by atoms with E-state index in [-0.39, 0.29) is 16.9 Å². The number of nitrogens with zero attached hydrogens (tertiary/aromatic N) is 2. The Kier molecular flexibility index (Phi) is 2.45. The van der Waals surface area contributed by atoms with Gasteiger partial charge in [0.2, 0.25) is 0 Å². The Labute approximate surface area is 74.8 Å². The average molecular weight is 177 g/mol. The number of carbonyl (C=O) groups excluding carboxylic acids is 1. The molecular weight excluding hydrogens is 170 g/mol. The second-order valence-corrected chi connectivity index (χ2v) is 2.26. The predicted octanol–water partition coefficient (Wildman–Crippen LogP) is 0.322. The highest BCUT2D eigenvalue weighted by atomic mass is 16.5. The molecule has 0 aromatic carbocycles. The molecule has 0 bridgehead atoms. The first-order valence-electron chi connectivity index (χ1n) is 3.43. The lowest BCUT2D eigenvalue weighted by Crippen LogP contribution is -2.06. The molecule has 0 saturated carbocycles. The molecular formula is C8H7N3O2. The molecule has 66 valence electrons. The number of nitrogen functional groups attached to an aromatic ring is 1. The summed E-state index contributed by atoms with van der Waals surface area (Å²) in [5.74, 6) is -0.412. The van der Waals surface area contributed by atoms with Crippen molar-refractivity contribution in [3.05, 3.63) is 23.4 Å². The van der Waals surface area contributed by atoms with E-state index in [4.69, 9.17) is 11.0 Å². The number of nitrogens with two attached hydrogens (primary N) is 1. The summed E-state index contributed by atoms with van der Waals surface area (Å²) in [7, 11) is 1.24. The van der Waals surface area contributed by atoms with E-state index >= 15 is 0 Å². The van der Waals surface area contributed by atoms with Gasteiger partial charge in [0.25, 0.3) is 0 Å². The van der Waals surface area contributed by atoms with Crippen LogP contribution in [-0.2, 0) is 4.74 Å². The van der Waals surface area contributed by atoms with Crippen molar-refractivity contribution in [2.75, 3.05) is 12.8 Å². The van der Waals surface area contributed by atoms with Crippen LogP contribution in [0.25, 0.3) is 0 Å². The third-order valence-electron chi connectivity index (χ3n) is 1.45. The van der Waals surface area contributed by atoms with Crippen LogP contribution in [0.5, 0.6) is 0 Å². The molecule has 1 heterocycles. The molecule has 0 atom stereocenters. The molecule has 2 N–H and O–H groups in total. The average Bonchev–Trinajstić information content (AvgIpc) is 2.16. The third kappa shape index (κ3) is 1.73. The number of pyridine rings is 1. The van der Waals surface area contributed by atoms with Crippen LogP contribution in [0.4, 0.5) is 5.82 Å². The molecule has 0 unspecified atom stereocenters. The van der Waals surface area contributed by atoms with Crippen LogP contribution >= 0.6 is 0 Å². The Morgan fingerprint density at radius 2 is 2.46 bits per heavy atom. The number of methoxy groups -OCH3 is 1. The number of hydrogen-bond donors (Lipinski definition) is 1. The van der Waals surface area contributed by atoms with Gasteiger partial charge >= 0.3 is 5.97 Å². The lowest BCUT2D eigenvalue weighted by molar-refractivity contribution is 0.0600. The molecule has 0 spiro atoms. The van der Waals surface area contributed by atoms with Crippen LogP contribution in [0, 0.1) is 11.3 Å². The summed E-state index contributed by atoms with van der Waals surface area (Å²) in [5.41, 5.74) is 5.64. The van der Waals surface area contributed by atoms with E-state index in [9.17, 15) is 4.79 Å². The molecule has 0 radical (unpaired) electrons. The number of ether oxygens (including phenoxy) is 1. The van der Waals surface area contributed by atoms with Crippen LogP contribution in [-0.4, -0.2) is 18.1 Å². The van der Waals surface area contributed by atoms with Crippen molar-refractivity contribution in [2.45, 2.75) is 0 Å². The van der Waals surface area contributed by atoms with Gasteiger partial charge in [-0.25, -0.2) is 9.78 Å². The molecule has 5 nitrogen and oxygen atoms in total. The van der Waals surface area contributed by atoms with Gasteiger partial charge in [-0.2, -0.15) is 5.26 Å². The van der Waals surface area contributed by atoms with Crippen LogP contribution in [0.3, 0.4) is 0 Å². The zero-order chi connectivity index (χ0) is 9.84. The molecule has 1 aromatic rings. The first kappa shape index (κ1) is 9.00. The van der Waals surface area contributed by atoms with Crippen molar-refractivity contribution in [3.63, 3.8) is 0 Å². The molecule has 1 aromatic heterocycles. The number of rotatable bonds is 1. The summed E-state index contributed by atoms with van der Waals surface area (Å²) in [4.78, 5) is 14.8. The summed E-state index contributed by atoms with van der Waals surface area (Å²) >= 11 is 0. The molecule has 0 aliphatic rings. The SMILES string of the molecule is COC(=O)c1cc(N)ncc1C#N. The highest BCUT2D eigenvalue weighted by molar-refractivity contribution is 5.92. The van der Waals surface area contributed by atoms with Crippen molar-refractivity contribution in [3.8, 4) is 6.07 Å². The fourth-order valence-corrected chi connectivity index (χ4v) is 0.839. The largest absolute Gasteiger partial charge is 0.465 e. The molecule has 0 fully saturated rings.